The quantitative estimate of drug-likeness (QED) is 0.389. The Labute approximate surface area is 218 Å². The van der Waals surface area contributed by atoms with Crippen molar-refractivity contribution in [3.05, 3.63) is 99.0 Å². The highest BCUT2D eigenvalue weighted by Gasteiger charge is 2.29. The number of aliphatic hydroxyl groups excluding tert-OH is 1. The van der Waals surface area contributed by atoms with Gasteiger partial charge in [-0.2, -0.15) is 5.26 Å². The highest BCUT2D eigenvalue weighted by molar-refractivity contribution is 6.33. The van der Waals surface area contributed by atoms with Gasteiger partial charge in [-0.15, -0.1) is 0 Å². The third-order valence-corrected chi connectivity index (χ3v) is 7.25. The normalized spacial score (nSPS) is 17.2. The van der Waals surface area contributed by atoms with Crippen molar-refractivity contribution in [2.24, 2.45) is 0 Å². The molecule has 35 heavy (non-hydrogen) atoms. The number of aryl methyl sites for hydroxylation is 1. The van der Waals surface area contributed by atoms with Crippen molar-refractivity contribution in [1.82, 2.24) is 4.90 Å². The van der Waals surface area contributed by atoms with E-state index in [9.17, 15) is 5.11 Å². The fourth-order valence-corrected chi connectivity index (χ4v) is 5.09. The molecule has 2 atom stereocenters. The van der Waals surface area contributed by atoms with Crippen LogP contribution in [0.5, 0.6) is 0 Å². The van der Waals surface area contributed by atoms with Crippen LogP contribution in [0.1, 0.15) is 41.6 Å². The van der Waals surface area contributed by atoms with E-state index in [0.29, 0.717) is 5.56 Å². The molecule has 1 aliphatic heterocycles. The molecule has 4 nitrogen and oxygen atoms in total. The number of benzene rings is 3. The maximum absolute atomic E-state index is 9.62. The van der Waals surface area contributed by atoms with Crippen molar-refractivity contribution in [3.63, 3.8) is 0 Å². The Bertz CT molecular complexity index is 1160. The molecule has 1 saturated heterocycles. The number of aliphatic hydroxyl groups is 1. The van der Waals surface area contributed by atoms with Gasteiger partial charge >= 0.3 is 0 Å². The summed E-state index contributed by atoms with van der Waals surface area (Å²) < 4.78 is 0. The van der Waals surface area contributed by atoms with Crippen LogP contribution in [0.25, 0.3) is 0 Å². The van der Waals surface area contributed by atoms with Crippen LogP contribution in [0.4, 0.5) is 5.69 Å². The predicted octanol–water partition coefficient (Wildman–Crippen LogP) is 6.28. The van der Waals surface area contributed by atoms with Gasteiger partial charge in [0, 0.05) is 31.2 Å². The average molecular weight is 508 g/mol. The van der Waals surface area contributed by atoms with E-state index in [-0.39, 0.29) is 12.1 Å². The minimum absolute atomic E-state index is 0.155. The van der Waals surface area contributed by atoms with Gasteiger partial charge in [0.05, 0.1) is 34.5 Å². The summed E-state index contributed by atoms with van der Waals surface area (Å²) >= 11 is 13.0. The number of piperazine rings is 1. The highest BCUT2D eigenvalue weighted by atomic mass is 35.5. The molecule has 0 aliphatic carbocycles. The molecule has 1 N–H and O–H groups in total. The van der Waals surface area contributed by atoms with Gasteiger partial charge in [0.25, 0.3) is 0 Å². The Morgan fingerprint density at radius 2 is 1.69 bits per heavy atom. The second-order valence-electron chi connectivity index (χ2n) is 9.29. The monoisotopic (exact) mass is 507 g/mol. The lowest BCUT2D eigenvalue weighted by Crippen LogP contribution is -2.49. The highest BCUT2D eigenvalue weighted by Crippen LogP contribution is 2.36. The Kier molecular flexibility index (Phi) is 8.70. The van der Waals surface area contributed by atoms with E-state index in [2.05, 4.69) is 40.1 Å². The molecule has 6 heteroatoms. The van der Waals surface area contributed by atoms with Gasteiger partial charge in [0.2, 0.25) is 0 Å². The molecule has 1 aliphatic rings. The summed E-state index contributed by atoms with van der Waals surface area (Å²) in [6.07, 6.45) is 2.15. The molecule has 0 radical (unpaired) electrons. The van der Waals surface area contributed by atoms with E-state index in [1.165, 1.54) is 11.1 Å². The second kappa shape index (κ2) is 11.9. The molecule has 0 bridgehead atoms. The fraction of sp³-hybridized carbons (Fsp3) is 0.345. The second-order valence-corrected chi connectivity index (χ2v) is 10.1. The van der Waals surface area contributed by atoms with Gasteiger partial charge in [-0.1, -0.05) is 53.5 Å². The molecule has 3 aromatic rings. The Morgan fingerprint density at radius 3 is 2.34 bits per heavy atom. The van der Waals surface area contributed by atoms with Crippen molar-refractivity contribution in [1.29, 1.82) is 5.26 Å². The third-order valence-electron chi connectivity index (χ3n) is 6.69. The topological polar surface area (TPSA) is 50.5 Å². The molecule has 3 aromatic carbocycles. The SMILES string of the molecule is C[C@@H](O)CCc1ccc(N2CCN(CCc3ccc(C#N)cc3)C[C@H]2c2ccc(Cl)cc2)c(Cl)c1. The zero-order chi connectivity index (χ0) is 24.8. The number of anilines is 1. The fourth-order valence-electron chi connectivity index (χ4n) is 4.65. The smallest absolute Gasteiger partial charge is 0.0991 e. The summed E-state index contributed by atoms with van der Waals surface area (Å²) in [6, 6.07) is 24.6. The first kappa shape index (κ1) is 25.5. The van der Waals surface area contributed by atoms with Crippen molar-refractivity contribution >= 4 is 28.9 Å². The van der Waals surface area contributed by atoms with Crippen LogP contribution >= 0.6 is 23.2 Å². The van der Waals surface area contributed by atoms with Crippen molar-refractivity contribution in [2.45, 2.75) is 38.3 Å². The molecular formula is C29H31Cl2N3O. The number of halogens is 2. The number of rotatable bonds is 8. The van der Waals surface area contributed by atoms with Crippen molar-refractivity contribution < 1.29 is 5.11 Å². The van der Waals surface area contributed by atoms with Crippen molar-refractivity contribution in [3.8, 4) is 6.07 Å². The van der Waals surface area contributed by atoms with Gasteiger partial charge in [-0.25, -0.2) is 0 Å². The van der Waals surface area contributed by atoms with Crippen LogP contribution < -0.4 is 4.90 Å². The summed E-state index contributed by atoms with van der Waals surface area (Å²) in [6.45, 7) is 5.47. The first-order chi connectivity index (χ1) is 16.9. The van der Waals surface area contributed by atoms with Crippen LogP contribution in [0.15, 0.2) is 66.7 Å². The molecule has 0 saturated carbocycles. The first-order valence-electron chi connectivity index (χ1n) is 12.1. The van der Waals surface area contributed by atoms with Crippen LogP contribution in [0, 0.1) is 11.3 Å². The molecule has 0 aromatic heterocycles. The molecule has 4 rings (SSSR count). The minimum atomic E-state index is -0.319. The van der Waals surface area contributed by atoms with E-state index in [0.717, 1.165) is 66.7 Å². The molecule has 0 unspecified atom stereocenters. The summed E-state index contributed by atoms with van der Waals surface area (Å²) in [5.41, 5.74) is 5.33. The lowest BCUT2D eigenvalue weighted by molar-refractivity contribution is 0.185. The maximum Gasteiger partial charge on any atom is 0.0991 e. The summed E-state index contributed by atoms with van der Waals surface area (Å²) in [5.74, 6) is 0. The molecule has 1 fully saturated rings. The first-order valence-corrected chi connectivity index (χ1v) is 12.9. The van der Waals surface area contributed by atoms with Gasteiger partial charge in [0.15, 0.2) is 0 Å². The minimum Gasteiger partial charge on any atom is -0.393 e. The molecular weight excluding hydrogens is 477 g/mol. The van der Waals surface area contributed by atoms with E-state index in [1.54, 1.807) is 0 Å². The van der Waals surface area contributed by atoms with E-state index in [1.807, 2.05) is 49.4 Å². The van der Waals surface area contributed by atoms with Gasteiger partial charge in [0.1, 0.15) is 0 Å². The van der Waals surface area contributed by atoms with E-state index >= 15 is 0 Å². The number of hydrogen-bond donors (Lipinski definition) is 1. The zero-order valence-corrected chi connectivity index (χ0v) is 21.5. The molecule has 1 heterocycles. The Morgan fingerprint density at radius 1 is 0.971 bits per heavy atom. The van der Waals surface area contributed by atoms with E-state index in [4.69, 9.17) is 28.5 Å². The largest absolute Gasteiger partial charge is 0.393 e. The number of nitrogens with zero attached hydrogens (tertiary/aromatic N) is 3. The standard InChI is InChI=1S/C29H31Cl2N3O/c1-21(35)2-3-23-8-13-28(27(31)18-23)34-17-16-33(15-14-22-4-6-24(19-32)7-5-22)20-29(34)25-9-11-26(30)12-10-25/h4-13,18,21,29,35H,2-3,14-17,20H2,1H3/t21-,29+/m1/s1. The molecule has 182 valence electrons. The summed E-state index contributed by atoms with van der Waals surface area (Å²) in [5, 5.41) is 20.1. The summed E-state index contributed by atoms with van der Waals surface area (Å²) in [7, 11) is 0. The molecule has 0 amide bonds. The molecule has 0 spiro atoms. The maximum atomic E-state index is 9.62. The van der Waals surface area contributed by atoms with Crippen molar-refractivity contribution in [2.75, 3.05) is 31.1 Å². The van der Waals surface area contributed by atoms with Gasteiger partial charge in [-0.05, 0) is 79.3 Å². The number of nitriles is 1. The van der Waals surface area contributed by atoms with Gasteiger partial charge < -0.3 is 10.0 Å². The van der Waals surface area contributed by atoms with E-state index < -0.39 is 0 Å². The Balaban J connectivity index is 1.51. The Hall–Kier alpha value is -2.55. The van der Waals surface area contributed by atoms with Crippen LogP contribution in [0.2, 0.25) is 10.0 Å². The zero-order valence-electron chi connectivity index (χ0n) is 20.0. The third kappa shape index (κ3) is 6.78. The number of hydrogen-bond acceptors (Lipinski definition) is 4. The lowest BCUT2D eigenvalue weighted by Gasteiger charge is -2.43. The van der Waals surface area contributed by atoms with Crippen LogP contribution in [-0.4, -0.2) is 42.3 Å². The average Bonchev–Trinajstić information content (AvgIpc) is 2.87. The lowest BCUT2D eigenvalue weighted by atomic mass is 10.00. The van der Waals surface area contributed by atoms with Gasteiger partial charge in [-0.3, -0.25) is 4.90 Å². The predicted molar refractivity (Wildman–Crippen MR) is 144 cm³/mol. The van der Waals surface area contributed by atoms with Crippen LogP contribution in [0.3, 0.4) is 0 Å². The van der Waals surface area contributed by atoms with Crippen LogP contribution in [-0.2, 0) is 12.8 Å². The summed E-state index contributed by atoms with van der Waals surface area (Å²) in [4.78, 5) is 4.90.